The number of ether oxygens (including phenoxy) is 1. The maximum Gasteiger partial charge on any atom is 0.289 e. The van der Waals surface area contributed by atoms with Crippen molar-refractivity contribution in [2.45, 2.75) is 70.4 Å². The smallest absolute Gasteiger partial charge is 0.289 e. The third-order valence-corrected chi connectivity index (χ3v) is 12.1. The fourth-order valence-electron chi connectivity index (χ4n) is 4.40. The number of nitrogens with one attached hydrogen (secondary N) is 1. The van der Waals surface area contributed by atoms with Crippen molar-refractivity contribution in [3.63, 3.8) is 0 Å². The van der Waals surface area contributed by atoms with E-state index in [9.17, 15) is 4.79 Å². The van der Waals surface area contributed by atoms with Crippen molar-refractivity contribution in [3.05, 3.63) is 54.3 Å². The second-order valence-corrected chi connectivity index (χ2v) is 16.0. The molecular weight excluding hydrogens is 470 g/mol. The van der Waals surface area contributed by atoms with Crippen LogP contribution in [0.25, 0.3) is 16.6 Å². The summed E-state index contributed by atoms with van der Waals surface area (Å²) >= 11 is 0. The van der Waals surface area contributed by atoms with Crippen molar-refractivity contribution in [1.82, 2.24) is 24.8 Å². The predicted molar refractivity (Wildman–Crippen MR) is 142 cm³/mol. The molecule has 2 aliphatic rings. The normalized spacial score (nSPS) is 19.2. The second kappa shape index (κ2) is 9.44. The third kappa shape index (κ3) is 4.94. The summed E-state index contributed by atoms with van der Waals surface area (Å²) in [5.41, 5.74) is 3.60. The molecule has 1 saturated heterocycles. The molecule has 1 aliphatic heterocycles. The van der Waals surface area contributed by atoms with E-state index >= 15 is 0 Å². The molecule has 1 unspecified atom stereocenters. The van der Waals surface area contributed by atoms with Crippen LogP contribution in [0.3, 0.4) is 0 Å². The Morgan fingerprint density at radius 3 is 2.56 bits per heavy atom. The number of hydrogen-bond donors (Lipinski definition) is 1. The molecule has 2 aromatic heterocycles. The van der Waals surface area contributed by atoms with Crippen LogP contribution in [0, 0.1) is 0 Å². The van der Waals surface area contributed by atoms with E-state index in [2.05, 4.69) is 59.9 Å². The van der Waals surface area contributed by atoms with Gasteiger partial charge in [-0.2, -0.15) is 0 Å². The molecule has 1 fully saturated rings. The summed E-state index contributed by atoms with van der Waals surface area (Å²) in [6, 6.07) is 7.64. The Kier molecular flexibility index (Phi) is 6.46. The number of hydrogen-bond acceptors (Lipinski definition) is 6. The molecule has 1 aromatic carbocycles. The minimum absolute atomic E-state index is 0.117. The van der Waals surface area contributed by atoms with Gasteiger partial charge >= 0.3 is 0 Å². The van der Waals surface area contributed by atoms with Gasteiger partial charge in [-0.1, -0.05) is 39.0 Å². The quantitative estimate of drug-likeness (QED) is 0.462. The first-order valence-corrected chi connectivity index (χ1v) is 15.6. The summed E-state index contributed by atoms with van der Waals surface area (Å²) in [6.45, 7) is 12.4. The average Bonchev–Trinajstić information content (AvgIpc) is 3.25. The van der Waals surface area contributed by atoms with Crippen LogP contribution < -0.4 is 4.74 Å². The van der Waals surface area contributed by atoms with Crippen molar-refractivity contribution in [1.29, 1.82) is 0 Å². The number of nitrogens with zero attached hydrogens (tertiary/aromatic N) is 4. The Hall–Kier alpha value is -3.04. The monoisotopic (exact) mass is 505 g/mol. The lowest BCUT2D eigenvalue weighted by Gasteiger charge is -2.40. The van der Waals surface area contributed by atoms with E-state index in [1.165, 1.54) is 0 Å². The fourth-order valence-corrected chi connectivity index (χ4v) is 5.80. The lowest BCUT2D eigenvalue weighted by Crippen LogP contribution is -2.56. The van der Waals surface area contributed by atoms with Crippen molar-refractivity contribution in [2.75, 3.05) is 13.1 Å². The van der Waals surface area contributed by atoms with E-state index in [1.807, 2.05) is 24.3 Å². The highest BCUT2D eigenvalue weighted by Crippen LogP contribution is 2.40. The minimum Gasteiger partial charge on any atom is -0.469 e. The first kappa shape index (κ1) is 24.6. The van der Waals surface area contributed by atoms with Crippen LogP contribution in [0.1, 0.15) is 56.3 Å². The minimum atomic E-state index is -1.79. The molecule has 3 aromatic rings. The number of H-pyrrole nitrogens is 1. The number of carbonyl (C=O) groups is 1. The Labute approximate surface area is 213 Å². The molecule has 0 spiro atoms. The van der Waals surface area contributed by atoms with Crippen molar-refractivity contribution < 1.29 is 14.0 Å². The second-order valence-electron chi connectivity index (χ2n) is 11.3. The summed E-state index contributed by atoms with van der Waals surface area (Å²) < 4.78 is 12.8. The number of amides is 1. The van der Waals surface area contributed by atoms with Gasteiger partial charge in [0.2, 0.25) is 5.88 Å². The average molecular weight is 506 g/mol. The zero-order valence-electron chi connectivity index (χ0n) is 21.7. The molecule has 8 nitrogen and oxygen atoms in total. The number of imidazole rings is 1. The van der Waals surface area contributed by atoms with Crippen molar-refractivity contribution >= 4 is 30.8 Å². The molecule has 9 heteroatoms. The van der Waals surface area contributed by atoms with Crippen LogP contribution in [0.15, 0.2) is 42.7 Å². The SMILES string of the molecule is CC(C)(C)[Si](C)(C)OC1CC=C(c2nccnc2OC2CN(C(=O)c3nc4ccccc4[nH]3)C2)CC1. The molecule has 1 N–H and O–H groups in total. The summed E-state index contributed by atoms with van der Waals surface area (Å²) in [6.07, 6.45) is 8.46. The molecule has 36 heavy (non-hydrogen) atoms. The Morgan fingerprint density at radius 2 is 1.86 bits per heavy atom. The van der Waals surface area contributed by atoms with Crippen LogP contribution in [-0.4, -0.2) is 64.4 Å². The van der Waals surface area contributed by atoms with E-state index in [-0.39, 0.29) is 23.2 Å². The van der Waals surface area contributed by atoms with Crippen molar-refractivity contribution in [3.8, 4) is 5.88 Å². The highest BCUT2D eigenvalue weighted by atomic mass is 28.4. The number of carbonyl (C=O) groups excluding carboxylic acids is 1. The largest absolute Gasteiger partial charge is 0.469 e. The van der Waals surface area contributed by atoms with Gasteiger partial charge < -0.3 is 19.0 Å². The molecular formula is C27H35N5O3Si. The number of para-hydroxylation sites is 2. The van der Waals surface area contributed by atoms with Gasteiger partial charge in [0, 0.05) is 18.5 Å². The number of benzene rings is 1. The number of allylic oxidation sites excluding steroid dienone is 1. The lowest BCUT2D eigenvalue weighted by molar-refractivity contribution is 0.0149. The lowest BCUT2D eigenvalue weighted by atomic mass is 9.95. The van der Waals surface area contributed by atoms with Crippen LogP contribution >= 0.6 is 0 Å². The van der Waals surface area contributed by atoms with Crippen molar-refractivity contribution in [2.24, 2.45) is 0 Å². The van der Waals surface area contributed by atoms with E-state index in [4.69, 9.17) is 9.16 Å². The summed E-state index contributed by atoms with van der Waals surface area (Å²) in [5.74, 6) is 0.776. The zero-order valence-corrected chi connectivity index (χ0v) is 22.7. The molecule has 190 valence electrons. The van der Waals surface area contributed by atoms with E-state index in [0.29, 0.717) is 24.8 Å². The van der Waals surface area contributed by atoms with Crippen LogP contribution in [-0.2, 0) is 4.43 Å². The van der Waals surface area contributed by atoms with Gasteiger partial charge in [-0.3, -0.25) is 4.79 Å². The number of aromatic nitrogens is 4. The van der Waals surface area contributed by atoms with Gasteiger partial charge in [-0.25, -0.2) is 15.0 Å². The summed E-state index contributed by atoms with van der Waals surface area (Å²) in [5, 5.41) is 0.200. The van der Waals surface area contributed by atoms with Gasteiger partial charge in [0.05, 0.1) is 24.1 Å². The van der Waals surface area contributed by atoms with Crippen LogP contribution in [0.4, 0.5) is 0 Å². The van der Waals surface area contributed by atoms with E-state index in [0.717, 1.165) is 41.6 Å². The van der Waals surface area contributed by atoms with Gasteiger partial charge in [0.25, 0.3) is 5.91 Å². The van der Waals surface area contributed by atoms with Gasteiger partial charge in [0.15, 0.2) is 14.1 Å². The number of aromatic amines is 1. The standard InChI is InChI=1S/C27H35N5O3Si/c1-27(2,3)36(4,5)35-19-12-10-18(11-13-19)23-25(29-15-14-28-23)34-20-16-32(17-20)26(33)24-30-21-8-6-7-9-22(21)31-24/h6-10,14-15,19-20H,11-13,16-17H2,1-5H3,(H,30,31). The van der Waals surface area contributed by atoms with E-state index in [1.54, 1.807) is 17.3 Å². The van der Waals surface area contributed by atoms with Gasteiger partial charge in [0.1, 0.15) is 11.8 Å². The highest BCUT2D eigenvalue weighted by molar-refractivity contribution is 6.74. The summed E-state index contributed by atoms with van der Waals surface area (Å²) in [4.78, 5) is 31.2. The Morgan fingerprint density at radius 1 is 1.11 bits per heavy atom. The fraction of sp³-hybridized carbons (Fsp3) is 0.481. The van der Waals surface area contributed by atoms with Gasteiger partial charge in [-0.15, -0.1) is 0 Å². The highest BCUT2D eigenvalue weighted by Gasteiger charge is 2.39. The molecule has 1 aliphatic carbocycles. The van der Waals surface area contributed by atoms with E-state index < -0.39 is 8.32 Å². The molecule has 0 saturated carbocycles. The van der Waals surface area contributed by atoms with Crippen LogP contribution in [0.5, 0.6) is 5.88 Å². The predicted octanol–water partition coefficient (Wildman–Crippen LogP) is 5.21. The Balaban J connectivity index is 1.20. The molecule has 5 rings (SSSR count). The Bertz CT molecular complexity index is 1260. The molecule has 0 radical (unpaired) electrons. The maximum atomic E-state index is 12.8. The first-order valence-electron chi connectivity index (χ1n) is 12.7. The van der Waals surface area contributed by atoms with Crippen LogP contribution in [0.2, 0.25) is 18.1 Å². The molecule has 1 amide bonds. The first-order chi connectivity index (χ1) is 17.1. The zero-order chi connectivity index (χ0) is 25.5. The van der Waals surface area contributed by atoms with Gasteiger partial charge in [-0.05, 0) is 55.1 Å². The molecule has 0 bridgehead atoms. The maximum absolute atomic E-state index is 12.8. The number of fused-ring (bicyclic) bond motifs is 1. The topological polar surface area (TPSA) is 93.2 Å². The molecule has 3 heterocycles. The number of likely N-dealkylation sites (tertiary alicyclic amines) is 1. The number of rotatable bonds is 6. The third-order valence-electron chi connectivity index (χ3n) is 7.60. The summed E-state index contributed by atoms with van der Waals surface area (Å²) in [7, 11) is -1.79. The molecule has 1 atom stereocenters.